The molecule has 0 spiro atoms. The van der Waals surface area contributed by atoms with Crippen LogP contribution in [0.3, 0.4) is 0 Å². The fraction of sp³-hybridized carbons (Fsp3) is 0.312. The summed E-state index contributed by atoms with van der Waals surface area (Å²) in [5, 5.41) is 8.36. The second-order valence-corrected chi connectivity index (χ2v) is 5.08. The molecule has 5 heteroatoms. The Bertz CT molecular complexity index is 775. The molecule has 0 saturated carbocycles. The zero-order valence-corrected chi connectivity index (χ0v) is 12.4. The van der Waals surface area contributed by atoms with Crippen LogP contribution >= 0.6 is 0 Å². The van der Waals surface area contributed by atoms with E-state index < -0.39 is 0 Å². The SMILES string of the molecule is CCn1cc(C(NC)c2oc3ccc(F)cc3c2C)cn1. The monoisotopic (exact) mass is 287 g/mol. The maximum atomic E-state index is 13.4. The van der Waals surface area contributed by atoms with Gasteiger partial charge in [-0.2, -0.15) is 5.10 Å². The highest BCUT2D eigenvalue weighted by molar-refractivity contribution is 5.82. The summed E-state index contributed by atoms with van der Waals surface area (Å²) in [7, 11) is 1.88. The third kappa shape index (κ3) is 2.34. The summed E-state index contributed by atoms with van der Waals surface area (Å²) in [6.45, 7) is 4.82. The average molecular weight is 287 g/mol. The molecule has 3 aromatic rings. The maximum absolute atomic E-state index is 13.4. The number of hydrogen-bond donors (Lipinski definition) is 1. The molecule has 0 amide bonds. The fourth-order valence-electron chi connectivity index (χ4n) is 2.64. The predicted molar refractivity (Wildman–Crippen MR) is 79.7 cm³/mol. The van der Waals surface area contributed by atoms with Crippen LogP contribution in [0.2, 0.25) is 0 Å². The second-order valence-electron chi connectivity index (χ2n) is 5.08. The van der Waals surface area contributed by atoms with Crippen LogP contribution in [0.4, 0.5) is 4.39 Å². The number of benzene rings is 1. The van der Waals surface area contributed by atoms with Gasteiger partial charge in [0.1, 0.15) is 17.2 Å². The lowest BCUT2D eigenvalue weighted by Crippen LogP contribution is -2.17. The van der Waals surface area contributed by atoms with Crippen LogP contribution < -0.4 is 5.32 Å². The van der Waals surface area contributed by atoms with Crippen molar-refractivity contribution in [2.75, 3.05) is 7.05 Å². The van der Waals surface area contributed by atoms with Crippen LogP contribution in [-0.2, 0) is 6.54 Å². The van der Waals surface area contributed by atoms with Crippen molar-refractivity contribution in [1.29, 1.82) is 0 Å². The van der Waals surface area contributed by atoms with Crippen LogP contribution in [-0.4, -0.2) is 16.8 Å². The minimum atomic E-state index is -0.252. The summed E-state index contributed by atoms with van der Waals surface area (Å²) in [5.74, 6) is 0.548. The number of hydrogen-bond acceptors (Lipinski definition) is 3. The minimum absolute atomic E-state index is 0.0965. The van der Waals surface area contributed by atoms with E-state index in [-0.39, 0.29) is 11.9 Å². The summed E-state index contributed by atoms with van der Waals surface area (Å²) < 4.78 is 21.2. The van der Waals surface area contributed by atoms with E-state index in [9.17, 15) is 4.39 Å². The highest BCUT2D eigenvalue weighted by atomic mass is 19.1. The van der Waals surface area contributed by atoms with Gasteiger partial charge in [-0.3, -0.25) is 4.68 Å². The maximum Gasteiger partial charge on any atom is 0.134 e. The number of aromatic nitrogens is 2. The lowest BCUT2D eigenvalue weighted by atomic mass is 10.0. The highest BCUT2D eigenvalue weighted by Crippen LogP contribution is 2.32. The Kier molecular flexibility index (Phi) is 3.51. The summed E-state index contributed by atoms with van der Waals surface area (Å²) >= 11 is 0. The quantitative estimate of drug-likeness (QED) is 0.799. The molecule has 3 rings (SSSR count). The van der Waals surface area contributed by atoms with Crippen LogP contribution in [0.15, 0.2) is 35.0 Å². The first-order chi connectivity index (χ1) is 10.1. The molecule has 21 heavy (non-hydrogen) atoms. The number of furan rings is 1. The first kappa shape index (κ1) is 13.8. The third-order valence-corrected chi connectivity index (χ3v) is 3.80. The Morgan fingerprint density at radius 3 is 2.90 bits per heavy atom. The summed E-state index contributed by atoms with van der Waals surface area (Å²) in [5.41, 5.74) is 2.68. The number of rotatable bonds is 4. The van der Waals surface area contributed by atoms with Gasteiger partial charge in [-0.05, 0) is 39.1 Å². The van der Waals surface area contributed by atoms with Gasteiger partial charge in [0.05, 0.1) is 12.2 Å². The Morgan fingerprint density at radius 2 is 2.24 bits per heavy atom. The van der Waals surface area contributed by atoms with E-state index in [0.29, 0.717) is 5.58 Å². The molecule has 110 valence electrons. The molecule has 0 saturated heterocycles. The molecular weight excluding hydrogens is 269 g/mol. The lowest BCUT2D eigenvalue weighted by Gasteiger charge is -2.12. The van der Waals surface area contributed by atoms with Crippen LogP contribution in [0.5, 0.6) is 0 Å². The Labute approximate surface area is 122 Å². The van der Waals surface area contributed by atoms with Crippen LogP contribution in [0, 0.1) is 12.7 Å². The van der Waals surface area contributed by atoms with Crippen molar-refractivity contribution in [2.45, 2.75) is 26.4 Å². The number of nitrogens with one attached hydrogen (secondary N) is 1. The topological polar surface area (TPSA) is 43.0 Å². The van der Waals surface area contributed by atoms with E-state index >= 15 is 0 Å². The molecule has 1 N–H and O–H groups in total. The second kappa shape index (κ2) is 5.33. The predicted octanol–water partition coefficient (Wildman–Crippen LogP) is 3.41. The van der Waals surface area contributed by atoms with Crippen molar-refractivity contribution in [1.82, 2.24) is 15.1 Å². The largest absolute Gasteiger partial charge is 0.459 e. The molecule has 0 fully saturated rings. The number of fused-ring (bicyclic) bond motifs is 1. The molecule has 1 atom stereocenters. The fourth-order valence-corrected chi connectivity index (χ4v) is 2.64. The number of aryl methyl sites for hydroxylation is 2. The van der Waals surface area contributed by atoms with Crippen LogP contribution in [0.25, 0.3) is 11.0 Å². The summed E-state index contributed by atoms with van der Waals surface area (Å²) in [6, 6.07) is 4.50. The molecule has 2 heterocycles. The van der Waals surface area contributed by atoms with Gasteiger partial charge >= 0.3 is 0 Å². The summed E-state index contributed by atoms with van der Waals surface area (Å²) in [6.07, 6.45) is 3.83. The molecule has 1 aromatic carbocycles. The Hall–Kier alpha value is -2.14. The zero-order chi connectivity index (χ0) is 15.0. The molecule has 0 aliphatic carbocycles. The normalized spacial score (nSPS) is 13.0. The van der Waals surface area contributed by atoms with E-state index in [1.54, 1.807) is 6.07 Å². The van der Waals surface area contributed by atoms with Crippen molar-refractivity contribution in [2.24, 2.45) is 0 Å². The van der Waals surface area contributed by atoms with E-state index in [0.717, 1.165) is 28.8 Å². The van der Waals surface area contributed by atoms with Crippen molar-refractivity contribution in [3.63, 3.8) is 0 Å². The van der Waals surface area contributed by atoms with Gasteiger partial charge in [0.25, 0.3) is 0 Å². The van der Waals surface area contributed by atoms with Gasteiger partial charge in [-0.15, -0.1) is 0 Å². The van der Waals surface area contributed by atoms with Gasteiger partial charge in [0.2, 0.25) is 0 Å². The highest BCUT2D eigenvalue weighted by Gasteiger charge is 2.22. The van der Waals surface area contributed by atoms with Crippen molar-refractivity contribution in [3.05, 3.63) is 53.3 Å². The van der Waals surface area contributed by atoms with Crippen molar-refractivity contribution >= 4 is 11.0 Å². The van der Waals surface area contributed by atoms with Gasteiger partial charge in [0, 0.05) is 29.3 Å². The molecule has 0 bridgehead atoms. The Morgan fingerprint density at radius 1 is 1.43 bits per heavy atom. The zero-order valence-electron chi connectivity index (χ0n) is 12.4. The van der Waals surface area contributed by atoms with Crippen LogP contribution in [0.1, 0.15) is 29.9 Å². The molecule has 0 radical (unpaired) electrons. The van der Waals surface area contributed by atoms with Gasteiger partial charge in [-0.25, -0.2) is 4.39 Å². The number of nitrogens with zero attached hydrogens (tertiary/aromatic N) is 2. The van der Waals surface area contributed by atoms with E-state index in [1.165, 1.54) is 12.1 Å². The summed E-state index contributed by atoms with van der Waals surface area (Å²) in [4.78, 5) is 0. The molecule has 0 aliphatic rings. The lowest BCUT2D eigenvalue weighted by molar-refractivity contribution is 0.487. The Balaban J connectivity index is 2.10. The molecule has 2 aromatic heterocycles. The number of halogens is 1. The molecular formula is C16H18FN3O. The molecule has 0 aliphatic heterocycles. The van der Waals surface area contributed by atoms with Gasteiger partial charge in [0.15, 0.2) is 0 Å². The average Bonchev–Trinajstić information content (AvgIpc) is 3.07. The van der Waals surface area contributed by atoms with Gasteiger partial charge < -0.3 is 9.73 Å². The first-order valence-corrected chi connectivity index (χ1v) is 7.02. The molecule has 4 nitrogen and oxygen atoms in total. The van der Waals surface area contributed by atoms with E-state index in [4.69, 9.17) is 4.42 Å². The minimum Gasteiger partial charge on any atom is -0.459 e. The van der Waals surface area contributed by atoms with Gasteiger partial charge in [-0.1, -0.05) is 0 Å². The van der Waals surface area contributed by atoms with E-state index in [2.05, 4.69) is 10.4 Å². The van der Waals surface area contributed by atoms with E-state index in [1.807, 2.05) is 38.0 Å². The smallest absolute Gasteiger partial charge is 0.134 e. The first-order valence-electron chi connectivity index (χ1n) is 7.02. The third-order valence-electron chi connectivity index (χ3n) is 3.80. The van der Waals surface area contributed by atoms with Crippen molar-refractivity contribution in [3.8, 4) is 0 Å². The standard InChI is InChI=1S/C16H18FN3O/c1-4-20-9-11(8-19-20)15(18-3)16-10(2)13-7-12(17)5-6-14(13)21-16/h5-9,15,18H,4H2,1-3H3. The molecule has 1 unspecified atom stereocenters. The van der Waals surface area contributed by atoms with Crippen molar-refractivity contribution < 1.29 is 8.81 Å².